The molecule has 0 saturated carbocycles. The van der Waals surface area contributed by atoms with Crippen molar-refractivity contribution in [1.29, 1.82) is 0 Å². The first kappa shape index (κ1) is 15.6. The van der Waals surface area contributed by atoms with Crippen molar-refractivity contribution in [2.75, 3.05) is 0 Å². The molecule has 0 radical (unpaired) electrons. The lowest BCUT2D eigenvalue weighted by Gasteiger charge is -2.14. The molecule has 0 spiro atoms. The number of sulfonamides is 1. The summed E-state index contributed by atoms with van der Waals surface area (Å²) in [5, 5.41) is 0. The zero-order valence-electron chi connectivity index (χ0n) is 10.4. The second kappa shape index (κ2) is 6.63. The van der Waals surface area contributed by atoms with E-state index in [1.807, 2.05) is 6.92 Å². The molecule has 102 valence electrons. The first-order chi connectivity index (χ1) is 8.36. The Kier molecular flexibility index (Phi) is 5.75. The van der Waals surface area contributed by atoms with E-state index in [2.05, 4.69) is 20.7 Å². The molecule has 0 fully saturated rings. The summed E-state index contributed by atoms with van der Waals surface area (Å²) < 4.78 is 40.5. The van der Waals surface area contributed by atoms with Crippen LogP contribution in [0.2, 0.25) is 0 Å². The van der Waals surface area contributed by atoms with Gasteiger partial charge in [0.05, 0.1) is 0 Å². The minimum atomic E-state index is -3.78. The number of halogens is 2. The fourth-order valence-electron chi connectivity index (χ4n) is 1.59. The Bertz CT molecular complexity index is 505. The van der Waals surface area contributed by atoms with Crippen molar-refractivity contribution in [3.05, 3.63) is 28.5 Å². The molecule has 1 N–H and O–H groups in total. The Morgan fingerprint density at radius 3 is 2.67 bits per heavy atom. The van der Waals surface area contributed by atoms with Gasteiger partial charge in [-0.15, -0.1) is 0 Å². The van der Waals surface area contributed by atoms with E-state index in [9.17, 15) is 12.8 Å². The molecule has 1 aromatic rings. The number of hydrogen-bond acceptors (Lipinski definition) is 2. The van der Waals surface area contributed by atoms with Crippen LogP contribution in [0, 0.1) is 5.82 Å². The summed E-state index contributed by atoms with van der Waals surface area (Å²) in [5.41, 5.74) is 0. The Labute approximate surface area is 116 Å². The van der Waals surface area contributed by atoms with Gasteiger partial charge in [-0.05, 0) is 31.5 Å². The van der Waals surface area contributed by atoms with Gasteiger partial charge < -0.3 is 0 Å². The Hall–Kier alpha value is -0.460. The molecule has 0 aliphatic heterocycles. The second-order valence-electron chi connectivity index (χ2n) is 4.24. The monoisotopic (exact) mass is 337 g/mol. The Morgan fingerprint density at radius 2 is 2.11 bits per heavy atom. The molecule has 1 aromatic carbocycles. The highest BCUT2D eigenvalue weighted by atomic mass is 79.9. The third-order valence-corrected chi connectivity index (χ3v) is 4.65. The van der Waals surface area contributed by atoms with Crippen LogP contribution in [0.4, 0.5) is 4.39 Å². The maximum absolute atomic E-state index is 13.6. The Morgan fingerprint density at radius 1 is 1.44 bits per heavy atom. The van der Waals surface area contributed by atoms with Crippen LogP contribution in [0.5, 0.6) is 0 Å². The van der Waals surface area contributed by atoms with E-state index in [-0.39, 0.29) is 10.9 Å². The third-order valence-electron chi connectivity index (χ3n) is 2.53. The second-order valence-corrected chi connectivity index (χ2v) is 6.84. The van der Waals surface area contributed by atoms with Crippen molar-refractivity contribution >= 4 is 26.0 Å². The fourth-order valence-corrected chi connectivity index (χ4v) is 3.26. The largest absolute Gasteiger partial charge is 0.243 e. The van der Waals surface area contributed by atoms with Crippen molar-refractivity contribution in [3.63, 3.8) is 0 Å². The standard InChI is InChI=1S/C12H17BrFNO2S/c1-3-4-5-9(2)15-18(16,17)12-7-6-10(13)8-11(12)14/h6-9,15H,3-5H2,1-2H3. The summed E-state index contributed by atoms with van der Waals surface area (Å²) in [6.07, 6.45) is 2.68. The summed E-state index contributed by atoms with van der Waals surface area (Å²) in [6.45, 7) is 3.82. The van der Waals surface area contributed by atoms with E-state index >= 15 is 0 Å². The van der Waals surface area contributed by atoms with Crippen molar-refractivity contribution in [2.24, 2.45) is 0 Å². The van der Waals surface area contributed by atoms with Gasteiger partial charge in [-0.1, -0.05) is 35.7 Å². The van der Waals surface area contributed by atoms with E-state index in [0.29, 0.717) is 4.47 Å². The van der Waals surface area contributed by atoms with Crippen molar-refractivity contribution < 1.29 is 12.8 Å². The maximum Gasteiger partial charge on any atom is 0.243 e. The highest BCUT2D eigenvalue weighted by Gasteiger charge is 2.21. The molecule has 0 heterocycles. The third kappa shape index (κ3) is 4.33. The zero-order valence-corrected chi connectivity index (χ0v) is 12.8. The van der Waals surface area contributed by atoms with Crippen LogP contribution in [-0.2, 0) is 10.0 Å². The molecular weight excluding hydrogens is 321 g/mol. The van der Waals surface area contributed by atoms with Crippen LogP contribution >= 0.6 is 15.9 Å². The predicted molar refractivity (Wildman–Crippen MR) is 73.4 cm³/mol. The number of unbranched alkanes of at least 4 members (excludes halogenated alkanes) is 1. The highest BCUT2D eigenvalue weighted by molar-refractivity contribution is 9.10. The SMILES string of the molecule is CCCCC(C)NS(=O)(=O)c1ccc(Br)cc1F. The lowest BCUT2D eigenvalue weighted by molar-refractivity contribution is 0.524. The van der Waals surface area contributed by atoms with Crippen LogP contribution < -0.4 is 4.72 Å². The van der Waals surface area contributed by atoms with Gasteiger partial charge in [0.25, 0.3) is 0 Å². The van der Waals surface area contributed by atoms with Crippen molar-refractivity contribution in [3.8, 4) is 0 Å². The molecule has 0 saturated heterocycles. The number of benzene rings is 1. The van der Waals surface area contributed by atoms with E-state index in [1.165, 1.54) is 12.1 Å². The van der Waals surface area contributed by atoms with Crippen molar-refractivity contribution in [2.45, 2.75) is 44.0 Å². The van der Waals surface area contributed by atoms with Gasteiger partial charge in [0, 0.05) is 10.5 Å². The molecule has 1 rings (SSSR count). The van der Waals surface area contributed by atoms with Gasteiger partial charge in [-0.3, -0.25) is 0 Å². The van der Waals surface area contributed by atoms with Gasteiger partial charge >= 0.3 is 0 Å². The minimum Gasteiger partial charge on any atom is -0.208 e. The van der Waals surface area contributed by atoms with E-state index in [1.54, 1.807) is 6.92 Å². The van der Waals surface area contributed by atoms with Gasteiger partial charge in [0.15, 0.2) is 0 Å². The molecule has 18 heavy (non-hydrogen) atoms. The molecule has 1 unspecified atom stereocenters. The average Bonchev–Trinajstić information content (AvgIpc) is 2.25. The van der Waals surface area contributed by atoms with Crippen LogP contribution in [-0.4, -0.2) is 14.5 Å². The first-order valence-corrected chi connectivity index (χ1v) is 8.12. The molecule has 0 amide bonds. The Balaban J connectivity index is 2.86. The summed E-state index contributed by atoms with van der Waals surface area (Å²) in [6, 6.07) is 3.71. The number of nitrogens with one attached hydrogen (secondary N) is 1. The first-order valence-electron chi connectivity index (χ1n) is 5.84. The van der Waals surface area contributed by atoms with Gasteiger partial charge in [-0.2, -0.15) is 0 Å². The minimum absolute atomic E-state index is 0.196. The summed E-state index contributed by atoms with van der Waals surface area (Å²) in [5.74, 6) is -0.750. The molecule has 6 heteroatoms. The maximum atomic E-state index is 13.6. The summed E-state index contributed by atoms with van der Waals surface area (Å²) in [4.78, 5) is -0.311. The molecular formula is C12H17BrFNO2S. The average molecular weight is 338 g/mol. The van der Waals surface area contributed by atoms with Crippen LogP contribution in [0.1, 0.15) is 33.1 Å². The molecule has 0 aliphatic rings. The topological polar surface area (TPSA) is 46.2 Å². The molecule has 0 bridgehead atoms. The van der Waals surface area contributed by atoms with Gasteiger partial charge in [0.1, 0.15) is 10.7 Å². The van der Waals surface area contributed by atoms with Crippen LogP contribution in [0.3, 0.4) is 0 Å². The molecule has 1 atom stereocenters. The fraction of sp³-hybridized carbons (Fsp3) is 0.500. The van der Waals surface area contributed by atoms with Crippen molar-refractivity contribution in [1.82, 2.24) is 4.72 Å². The van der Waals surface area contributed by atoms with Crippen LogP contribution in [0.25, 0.3) is 0 Å². The van der Waals surface area contributed by atoms with Gasteiger partial charge in [-0.25, -0.2) is 17.5 Å². The van der Waals surface area contributed by atoms with E-state index < -0.39 is 15.8 Å². The van der Waals surface area contributed by atoms with Crippen LogP contribution in [0.15, 0.2) is 27.6 Å². The molecule has 0 aliphatic carbocycles. The summed E-state index contributed by atoms with van der Waals surface area (Å²) in [7, 11) is -3.78. The number of rotatable bonds is 6. The summed E-state index contributed by atoms with van der Waals surface area (Å²) >= 11 is 3.09. The molecule has 0 aromatic heterocycles. The lowest BCUT2D eigenvalue weighted by atomic mass is 10.2. The van der Waals surface area contributed by atoms with E-state index in [0.717, 1.165) is 25.3 Å². The lowest BCUT2D eigenvalue weighted by Crippen LogP contribution is -2.33. The smallest absolute Gasteiger partial charge is 0.208 e. The highest BCUT2D eigenvalue weighted by Crippen LogP contribution is 2.19. The van der Waals surface area contributed by atoms with E-state index in [4.69, 9.17) is 0 Å². The predicted octanol–water partition coefficient (Wildman–Crippen LogP) is 3.45. The normalized spacial score (nSPS) is 13.6. The van der Waals surface area contributed by atoms with Gasteiger partial charge in [0.2, 0.25) is 10.0 Å². The number of hydrogen-bond donors (Lipinski definition) is 1. The molecule has 3 nitrogen and oxygen atoms in total. The zero-order chi connectivity index (χ0) is 13.8. The quantitative estimate of drug-likeness (QED) is 0.864.